The molecule has 0 radical (unpaired) electrons. The standard InChI is InChI=1S/C14H18N2O2/c1-11-14(17,6-7-18-11)10-16-9-13-4-2-12(8-15)3-5-13/h2-5,11,16-17H,6-7,9-10H2,1H3. The molecule has 0 bridgehead atoms. The number of nitrogens with zero attached hydrogens (tertiary/aromatic N) is 1. The Hall–Kier alpha value is -1.41. The first kappa shape index (κ1) is 13.0. The third-order valence-electron chi connectivity index (χ3n) is 3.50. The molecule has 1 aromatic rings. The number of hydrogen-bond acceptors (Lipinski definition) is 4. The predicted octanol–water partition coefficient (Wildman–Crippen LogP) is 1.19. The molecule has 4 heteroatoms. The fourth-order valence-electron chi connectivity index (χ4n) is 2.12. The summed E-state index contributed by atoms with van der Waals surface area (Å²) >= 11 is 0. The minimum Gasteiger partial charge on any atom is -0.386 e. The van der Waals surface area contributed by atoms with Gasteiger partial charge in [0, 0.05) is 26.1 Å². The zero-order valence-corrected chi connectivity index (χ0v) is 10.5. The van der Waals surface area contributed by atoms with E-state index < -0.39 is 5.60 Å². The highest BCUT2D eigenvalue weighted by Gasteiger charge is 2.38. The molecule has 0 amide bonds. The van der Waals surface area contributed by atoms with Crippen LogP contribution in [-0.2, 0) is 11.3 Å². The van der Waals surface area contributed by atoms with Crippen molar-refractivity contribution in [1.29, 1.82) is 5.26 Å². The molecule has 2 N–H and O–H groups in total. The van der Waals surface area contributed by atoms with Gasteiger partial charge in [-0.1, -0.05) is 12.1 Å². The van der Waals surface area contributed by atoms with Crippen LogP contribution in [0.3, 0.4) is 0 Å². The molecule has 18 heavy (non-hydrogen) atoms. The Balaban J connectivity index is 1.83. The highest BCUT2D eigenvalue weighted by Crippen LogP contribution is 2.24. The summed E-state index contributed by atoms with van der Waals surface area (Å²) in [6.07, 6.45) is 0.556. The molecule has 2 unspecified atom stereocenters. The van der Waals surface area contributed by atoms with E-state index in [4.69, 9.17) is 10.00 Å². The third kappa shape index (κ3) is 2.88. The normalized spacial score (nSPS) is 27.1. The molecule has 0 aromatic heterocycles. The Morgan fingerprint density at radius 3 is 2.78 bits per heavy atom. The smallest absolute Gasteiger partial charge is 0.105 e. The van der Waals surface area contributed by atoms with Gasteiger partial charge in [-0.25, -0.2) is 0 Å². The van der Waals surface area contributed by atoms with Gasteiger partial charge in [0.2, 0.25) is 0 Å². The average molecular weight is 246 g/mol. The van der Waals surface area contributed by atoms with Crippen LogP contribution in [0.2, 0.25) is 0 Å². The second-order valence-electron chi connectivity index (χ2n) is 4.78. The SMILES string of the molecule is CC1OCCC1(O)CNCc1ccc(C#N)cc1. The number of aliphatic hydroxyl groups is 1. The molecular weight excluding hydrogens is 228 g/mol. The van der Waals surface area contributed by atoms with E-state index in [-0.39, 0.29) is 6.10 Å². The molecule has 0 saturated carbocycles. The largest absolute Gasteiger partial charge is 0.386 e. The zero-order chi connectivity index (χ0) is 13.0. The van der Waals surface area contributed by atoms with Crippen molar-refractivity contribution in [2.45, 2.75) is 31.6 Å². The van der Waals surface area contributed by atoms with Gasteiger partial charge in [0.25, 0.3) is 0 Å². The van der Waals surface area contributed by atoms with Crippen molar-refractivity contribution in [2.75, 3.05) is 13.2 Å². The molecule has 0 spiro atoms. The van der Waals surface area contributed by atoms with Gasteiger partial charge in [-0.15, -0.1) is 0 Å². The van der Waals surface area contributed by atoms with Gasteiger partial charge in [0.1, 0.15) is 5.60 Å². The van der Waals surface area contributed by atoms with Crippen LogP contribution in [0.15, 0.2) is 24.3 Å². The van der Waals surface area contributed by atoms with Crippen molar-refractivity contribution in [3.63, 3.8) is 0 Å². The Morgan fingerprint density at radius 1 is 1.50 bits per heavy atom. The molecule has 2 rings (SSSR count). The highest BCUT2D eigenvalue weighted by molar-refractivity contribution is 5.31. The van der Waals surface area contributed by atoms with Crippen LogP contribution < -0.4 is 5.32 Å². The number of ether oxygens (including phenoxy) is 1. The molecule has 4 nitrogen and oxygen atoms in total. The van der Waals surface area contributed by atoms with E-state index in [1.165, 1.54) is 0 Å². The highest BCUT2D eigenvalue weighted by atomic mass is 16.5. The molecular formula is C14H18N2O2. The number of hydrogen-bond donors (Lipinski definition) is 2. The van der Waals surface area contributed by atoms with Crippen molar-refractivity contribution in [3.8, 4) is 6.07 Å². The molecule has 96 valence electrons. The molecule has 1 aliphatic heterocycles. The molecule has 1 saturated heterocycles. The van der Waals surface area contributed by atoms with Crippen LogP contribution in [-0.4, -0.2) is 30.0 Å². The Morgan fingerprint density at radius 2 is 2.22 bits per heavy atom. The van der Waals surface area contributed by atoms with Crippen LogP contribution >= 0.6 is 0 Å². The van der Waals surface area contributed by atoms with Crippen LogP contribution in [0, 0.1) is 11.3 Å². The minimum atomic E-state index is -0.757. The van der Waals surface area contributed by atoms with E-state index in [1.54, 1.807) is 12.1 Å². The second kappa shape index (κ2) is 5.49. The molecule has 1 fully saturated rings. The number of nitrogens with one attached hydrogen (secondary N) is 1. The monoisotopic (exact) mass is 246 g/mol. The predicted molar refractivity (Wildman–Crippen MR) is 67.8 cm³/mol. The second-order valence-corrected chi connectivity index (χ2v) is 4.78. The quantitative estimate of drug-likeness (QED) is 0.837. The fourth-order valence-corrected chi connectivity index (χ4v) is 2.12. The summed E-state index contributed by atoms with van der Waals surface area (Å²) in [6.45, 7) is 3.72. The molecule has 0 aliphatic carbocycles. The van der Waals surface area contributed by atoms with Gasteiger partial charge >= 0.3 is 0 Å². The number of rotatable bonds is 4. The molecule has 1 aliphatic rings. The van der Waals surface area contributed by atoms with E-state index in [9.17, 15) is 5.11 Å². The van der Waals surface area contributed by atoms with Gasteiger partial charge in [-0.2, -0.15) is 5.26 Å². The first-order valence-corrected chi connectivity index (χ1v) is 6.18. The Kier molecular flexibility index (Phi) is 3.97. The van der Waals surface area contributed by atoms with Crippen LogP contribution in [0.1, 0.15) is 24.5 Å². The number of benzene rings is 1. The van der Waals surface area contributed by atoms with E-state index in [2.05, 4.69) is 11.4 Å². The minimum absolute atomic E-state index is 0.119. The van der Waals surface area contributed by atoms with Crippen molar-refractivity contribution in [2.24, 2.45) is 0 Å². The summed E-state index contributed by atoms with van der Waals surface area (Å²) in [7, 11) is 0. The van der Waals surface area contributed by atoms with Gasteiger partial charge in [0.05, 0.1) is 17.7 Å². The zero-order valence-electron chi connectivity index (χ0n) is 10.5. The first-order chi connectivity index (χ1) is 8.64. The lowest BCUT2D eigenvalue weighted by Crippen LogP contribution is -2.45. The number of nitriles is 1. The van der Waals surface area contributed by atoms with E-state index in [0.29, 0.717) is 31.7 Å². The van der Waals surface area contributed by atoms with Crippen molar-refractivity contribution in [3.05, 3.63) is 35.4 Å². The average Bonchev–Trinajstić information content (AvgIpc) is 2.71. The summed E-state index contributed by atoms with van der Waals surface area (Å²) in [6, 6.07) is 9.53. The topological polar surface area (TPSA) is 65.3 Å². The van der Waals surface area contributed by atoms with Crippen molar-refractivity contribution < 1.29 is 9.84 Å². The Bertz CT molecular complexity index is 438. The first-order valence-electron chi connectivity index (χ1n) is 6.18. The fraction of sp³-hybridized carbons (Fsp3) is 0.500. The molecule has 1 heterocycles. The lowest BCUT2D eigenvalue weighted by Gasteiger charge is -2.26. The molecule has 1 aromatic carbocycles. The molecule has 2 atom stereocenters. The summed E-state index contributed by atoms with van der Waals surface area (Å²) in [5.74, 6) is 0. The van der Waals surface area contributed by atoms with Crippen molar-refractivity contribution >= 4 is 0 Å². The maximum atomic E-state index is 10.3. The van der Waals surface area contributed by atoms with Crippen LogP contribution in [0.4, 0.5) is 0 Å². The van der Waals surface area contributed by atoms with E-state index >= 15 is 0 Å². The third-order valence-corrected chi connectivity index (χ3v) is 3.50. The maximum Gasteiger partial charge on any atom is 0.105 e. The lowest BCUT2D eigenvalue weighted by molar-refractivity contribution is -0.0262. The van der Waals surface area contributed by atoms with Crippen LogP contribution in [0.25, 0.3) is 0 Å². The summed E-state index contributed by atoms with van der Waals surface area (Å²) in [4.78, 5) is 0. The van der Waals surface area contributed by atoms with Crippen LogP contribution in [0.5, 0.6) is 0 Å². The van der Waals surface area contributed by atoms with Crippen molar-refractivity contribution in [1.82, 2.24) is 5.32 Å². The Labute approximate surface area is 107 Å². The van der Waals surface area contributed by atoms with Gasteiger partial charge in [0.15, 0.2) is 0 Å². The lowest BCUT2D eigenvalue weighted by atomic mass is 9.96. The van der Waals surface area contributed by atoms with E-state index in [1.807, 2.05) is 19.1 Å². The van der Waals surface area contributed by atoms with Gasteiger partial charge < -0.3 is 15.2 Å². The van der Waals surface area contributed by atoms with E-state index in [0.717, 1.165) is 5.56 Å². The summed E-state index contributed by atoms with van der Waals surface area (Å²) in [5.41, 5.74) is 1.01. The summed E-state index contributed by atoms with van der Waals surface area (Å²) < 4.78 is 5.38. The maximum absolute atomic E-state index is 10.3. The van der Waals surface area contributed by atoms with Gasteiger partial charge in [-0.05, 0) is 24.6 Å². The van der Waals surface area contributed by atoms with Gasteiger partial charge in [-0.3, -0.25) is 0 Å². The summed E-state index contributed by atoms with van der Waals surface area (Å²) in [5, 5.41) is 22.2.